The molecule has 0 bridgehead atoms. The number of hydrogen-bond donors (Lipinski definition) is 2. The molecule has 0 unspecified atom stereocenters. The Kier molecular flexibility index (Phi) is 6.69. The van der Waals surface area contributed by atoms with Crippen LogP contribution in [0.3, 0.4) is 0 Å². The van der Waals surface area contributed by atoms with Crippen LogP contribution in [0.1, 0.15) is 19.3 Å². The summed E-state index contributed by atoms with van der Waals surface area (Å²) in [6, 6.07) is 16.3. The first-order valence-corrected chi connectivity index (χ1v) is 10.6. The molecule has 1 aliphatic rings. The van der Waals surface area contributed by atoms with Crippen LogP contribution < -0.4 is 25.0 Å². The molecule has 8 nitrogen and oxygen atoms in total. The molecule has 1 saturated heterocycles. The lowest BCUT2D eigenvalue weighted by Crippen LogP contribution is -2.30. The number of ether oxygens (including phenoxy) is 2. The minimum Gasteiger partial charge on any atom is -0.497 e. The molecule has 2 amide bonds. The van der Waals surface area contributed by atoms with Crippen molar-refractivity contribution >= 4 is 23.2 Å². The Morgan fingerprint density at radius 3 is 2.22 bits per heavy atom. The third-order valence-corrected chi connectivity index (χ3v) is 5.36. The number of carbonyl (C=O) groups is 1. The molecule has 0 atom stereocenters. The lowest BCUT2D eigenvalue weighted by Gasteiger charge is -2.27. The molecule has 1 fully saturated rings. The molecule has 3 aromatic rings. The number of aromatic nitrogens is 2. The highest BCUT2D eigenvalue weighted by Gasteiger charge is 2.13. The van der Waals surface area contributed by atoms with Crippen LogP contribution >= 0.6 is 0 Å². The van der Waals surface area contributed by atoms with Gasteiger partial charge in [0.25, 0.3) is 0 Å². The average Bonchev–Trinajstić information content (AvgIpc) is 2.84. The van der Waals surface area contributed by atoms with Crippen LogP contribution in [0, 0.1) is 0 Å². The third-order valence-electron chi connectivity index (χ3n) is 5.36. The van der Waals surface area contributed by atoms with E-state index in [4.69, 9.17) is 9.47 Å². The summed E-state index contributed by atoms with van der Waals surface area (Å²) in [6.45, 7) is 2.06. The molecule has 2 heterocycles. The Labute approximate surface area is 187 Å². The molecule has 0 radical (unpaired) electrons. The SMILES string of the molecule is COc1cc(NC(=O)Nc2cccc(-c3ccc(N4CCCCC4)nn3)c2)cc(OC)c1. The number of nitrogens with one attached hydrogen (secondary N) is 2. The molecule has 166 valence electrons. The summed E-state index contributed by atoms with van der Waals surface area (Å²) in [5.74, 6) is 2.09. The highest BCUT2D eigenvalue weighted by atomic mass is 16.5. The molecule has 8 heteroatoms. The van der Waals surface area contributed by atoms with Crippen LogP contribution in [-0.4, -0.2) is 43.5 Å². The molecule has 0 spiro atoms. The molecule has 0 aliphatic carbocycles. The Balaban J connectivity index is 1.43. The van der Waals surface area contributed by atoms with Gasteiger partial charge in [-0.2, -0.15) is 0 Å². The second kappa shape index (κ2) is 10.00. The molecule has 1 aliphatic heterocycles. The summed E-state index contributed by atoms with van der Waals surface area (Å²) in [7, 11) is 3.12. The van der Waals surface area contributed by atoms with Gasteiger partial charge in [-0.15, -0.1) is 10.2 Å². The number of amides is 2. The van der Waals surface area contributed by atoms with Crippen molar-refractivity contribution in [1.29, 1.82) is 0 Å². The van der Waals surface area contributed by atoms with Crippen LogP contribution in [0.4, 0.5) is 22.0 Å². The normalized spacial score (nSPS) is 13.4. The average molecular weight is 434 g/mol. The van der Waals surface area contributed by atoms with Gasteiger partial charge in [0, 0.05) is 48.2 Å². The second-order valence-corrected chi connectivity index (χ2v) is 7.59. The van der Waals surface area contributed by atoms with Crippen molar-refractivity contribution in [1.82, 2.24) is 10.2 Å². The Morgan fingerprint density at radius 1 is 0.844 bits per heavy atom. The molecule has 4 rings (SSSR count). The van der Waals surface area contributed by atoms with E-state index < -0.39 is 0 Å². The van der Waals surface area contributed by atoms with Gasteiger partial charge in [0.15, 0.2) is 5.82 Å². The fraction of sp³-hybridized carbons (Fsp3) is 0.292. The zero-order valence-corrected chi connectivity index (χ0v) is 18.3. The van der Waals surface area contributed by atoms with E-state index in [0.717, 1.165) is 30.2 Å². The third kappa shape index (κ3) is 5.26. The number of methoxy groups -OCH3 is 2. The number of rotatable bonds is 6. The summed E-state index contributed by atoms with van der Waals surface area (Å²) in [5, 5.41) is 14.5. The van der Waals surface area contributed by atoms with Crippen molar-refractivity contribution in [3.05, 3.63) is 54.6 Å². The van der Waals surface area contributed by atoms with E-state index in [2.05, 4.69) is 25.7 Å². The van der Waals surface area contributed by atoms with Crippen molar-refractivity contribution in [3.8, 4) is 22.8 Å². The van der Waals surface area contributed by atoms with Crippen molar-refractivity contribution in [2.24, 2.45) is 0 Å². The number of carbonyl (C=O) groups excluding carboxylic acids is 1. The van der Waals surface area contributed by atoms with Crippen molar-refractivity contribution in [2.45, 2.75) is 19.3 Å². The van der Waals surface area contributed by atoms with Gasteiger partial charge >= 0.3 is 6.03 Å². The lowest BCUT2D eigenvalue weighted by molar-refractivity contribution is 0.262. The number of benzene rings is 2. The fourth-order valence-electron chi connectivity index (χ4n) is 3.70. The van der Waals surface area contributed by atoms with Crippen LogP contribution in [0.2, 0.25) is 0 Å². The van der Waals surface area contributed by atoms with E-state index in [9.17, 15) is 4.79 Å². The van der Waals surface area contributed by atoms with E-state index in [-0.39, 0.29) is 6.03 Å². The van der Waals surface area contributed by atoms with E-state index >= 15 is 0 Å². The molecular weight excluding hydrogens is 406 g/mol. The summed E-state index contributed by atoms with van der Waals surface area (Å²) >= 11 is 0. The molecular formula is C24H27N5O3. The van der Waals surface area contributed by atoms with Gasteiger partial charge in [0.2, 0.25) is 0 Å². The summed E-state index contributed by atoms with van der Waals surface area (Å²) < 4.78 is 10.5. The van der Waals surface area contributed by atoms with Crippen LogP contribution in [0.15, 0.2) is 54.6 Å². The molecule has 2 N–H and O–H groups in total. The molecule has 1 aromatic heterocycles. The maximum absolute atomic E-state index is 12.5. The van der Waals surface area contributed by atoms with Gasteiger partial charge in [-0.3, -0.25) is 0 Å². The minimum absolute atomic E-state index is 0.371. The van der Waals surface area contributed by atoms with E-state index in [1.54, 1.807) is 32.4 Å². The van der Waals surface area contributed by atoms with E-state index in [1.807, 2.05) is 36.4 Å². The molecule has 32 heavy (non-hydrogen) atoms. The predicted molar refractivity (Wildman–Crippen MR) is 126 cm³/mol. The van der Waals surface area contributed by atoms with Gasteiger partial charge < -0.3 is 25.0 Å². The summed E-state index contributed by atoms with van der Waals surface area (Å²) in [5.41, 5.74) is 2.85. The maximum Gasteiger partial charge on any atom is 0.323 e. The first-order valence-electron chi connectivity index (χ1n) is 10.6. The lowest BCUT2D eigenvalue weighted by atomic mass is 10.1. The quantitative estimate of drug-likeness (QED) is 0.581. The Hall–Kier alpha value is -3.81. The van der Waals surface area contributed by atoms with Gasteiger partial charge in [0.05, 0.1) is 19.9 Å². The molecule has 2 aromatic carbocycles. The van der Waals surface area contributed by atoms with Crippen LogP contribution in [0.25, 0.3) is 11.3 Å². The van der Waals surface area contributed by atoms with E-state index in [1.165, 1.54) is 19.3 Å². The zero-order valence-electron chi connectivity index (χ0n) is 18.3. The highest BCUT2D eigenvalue weighted by Crippen LogP contribution is 2.26. The van der Waals surface area contributed by atoms with Gasteiger partial charge in [-0.25, -0.2) is 4.79 Å². The van der Waals surface area contributed by atoms with Crippen molar-refractivity contribution < 1.29 is 14.3 Å². The fourth-order valence-corrected chi connectivity index (χ4v) is 3.70. The number of anilines is 3. The van der Waals surface area contributed by atoms with E-state index in [0.29, 0.717) is 22.9 Å². The van der Waals surface area contributed by atoms with Crippen molar-refractivity contribution in [2.75, 3.05) is 42.8 Å². The van der Waals surface area contributed by atoms with Gasteiger partial charge in [0.1, 0.15) is 11.5 Å². The standard InChI is InChI=1S/C24H27N5O3/c1-31-20-14-19(15-21(16-20)32-2)26-24(30)25-18-8-6-7-17(13-18)22-9-10-23(28-27-22)29-11-4-3-5-12-29/h6-10,13-16H,3-5,11-12H2,1-2H3,(H2,25,26,30). The maximum atomic E-state index is 12.5. The van der Waals surface area contributed by atoms with Crippen LogP contribution in [0.5, 0.6) is 11.5 Å². The largest absolute Gasteiger partial charge is 0.497 e. The summed E-state index contributed by atoms with van der Waals surface area (Å²) in [4.78, 5) is 14.8. The number of urea groups is 1. The number of piperidine rings is 1. The first kappa shape index (κ1) is 21.4. The molecule has 0 saturated carbocycles. The zero-order chi connectivity index (χ0) is 22.3. The summed E-state index contributed by atoms with van der Waals surface area (Å²) in [6.07, 6.45) is 3.67. The number of hydrogen-bond acceptors (Lipinski definition) is 6. The number of nitrogens with zero attached hydrogens (tertiary/aromatic N) is 3. The minimum atomic E-state index is -0.371. The Morgan fingerprint density at radius 2 is 1.56 bits per heavy atom. The second-order valence-electron chi connectivity index (χ2n) is 7.59. The predicted octanol–water partition coefficient (Wildman–Crippen LogP) is 4.80. The first-order chi connectivity index (χ1) is 15.6. The topological polar surface area (TPSA) is 88.6 Å². The van der Waals surface area contributed by atoms with Crippen molar-refractivity contribution in [3.63, 3.8) is 0 Å². The van der Waals surface area contributed by atoms with Crippen LogP contribution in [-0.2, 0) is 0 Å². The van der Waals surface area contributed by atoms with Gasteiger partial charge in [-0.1, -0.05) is 12.1 Å². The monoisotopic (exact) mass is 433 g/mol. The van der Waals surface area contributed by atoms with Gasteiger partial charge in [-0.05, 0) is 43.5 Å². The smallest absolute Gasteiger partial charge is 0.323 e. The Bertz CT molecular complexity index is 1040. The highest BCUT2D eigenvalue weighted by molar-refractivity contribution is 6.00.